The first-order valence-electron chi connectivity index (χ1n) is 8.88. The fourth-order valence-corrected chi connectivity index (χ4v) is 2.94. The van der Waals surface area contributed by atoms with Gasteiger partial charge >= 0.3 is 5.97 Å². The van der Waals surface area contributed by atoms with Crippen LogP contribution in [0.3, 0.4) is 0 Å². The largest absolute Gasteiger partial charge is 0.465 e. The molecule has 0 aliphatic rings. The molecule has 0 amide bonds. The van der Waals surface area contributed by atoms with E-state index in [0.29, 0.717) is 30.8 Å². The number of pyridine rings is 1. The standard InChI is InChI=1S/C19H24N4O5/c1-13-17(11-22(21-13)10-15(24)12-28-7-6-26-2)14-4-5-23-18(8-14)16(9-20-23)19(25)27-3/h4-5,8-9,11,15,24H,6-7,10,12H2,1-3H3/t15-/m1/s1. The molecule has 3 rings (SSSR count). The van der Waals surface area contributed by atoms with E-state index < -0.39 is 12.1 Å². The molecule has 0 unspecified atom stereocenters. The summed E-state index contributed by atoms with van der Waals surface area (Å²) in [6.45, 7) is 3.35. The van der Waals surface area contributed by atoms with Gasteiger partial charge < -0.3 is 19.3 Å². The van der Waals surface area contributed by atoms with Crippen molar-refractivity contribution in [3.8, 4) is 11.1 Å². The average Bonchev–Trinajstić information content (AvgIpc) is 3.27. The first-order valence-corrected chi connectivity index (χ1v) is 8.88. The first-order chi connectivity index (χ1) is 13.5. The van der Waals surface area contributed by atoms with Crippen LogP contribution in [0.1, 0.15) is 16.1 Å². The van der Waals surface area contributed by atoms with E-state index in [4.69, 9.17) is 14.2 Å². The Bertz CT molecular complexity index is 949. The molecule has 3 aromatic rings. The number of aryl methyl sites for hydroxylation is 1. The number of carbonyl (C=O) groups is 1. The van der Waals surface area contributed by atoms with E-state index in [1.165, 1.54) is 13.3 Å². The summed E-state index contributed by atoms with van der Waals surface area (Å²) in [5, 5.41) is 18.8. The number of esters is 1. The number of hydrogen-bond donors (Lipinski definition) is 1. The lowest BCUT2D eigenvalue weighted by Gasteiger charge is -2.11. The maximum absolute atomic E-state index is 11.9. The fraction of sp³-hybridized carbons (Fsp3) is 0.421. The number of fused-ring (bicyclic) bond motifs is 1. The van der Waals surface area contributed by atoms with Crippen LogP contribution in [0.4, 0.5) is 0 Å². The molecule has 0 aliphatic heterocycles. The van der Waals surface area contributed by atoms with Crippen molar-refractivity contribution >= 4 is 11.5 Å². The number of aliphatic hydroxyl groups excluding tert-OH is 1. The summed E-state index contributed by atoms with van der Waals surface area (Å²) < 4.78 is 18.4. The summed E-state index contributed by atoms with van der Waals surface area (Å²) in [7, 11) is 2.94. The van der Waals surface area contributed by atoms with Crippen molar-refractivity contribution in [1.29, 1.82) is 0 Å². The molecular weight excluding hydrogens is 364 g/mol. The van der Waals surface area contributed by atoms with E-state index in [0.717, 1.165) is 16.8 Å². The van der Waals surface area contributed by atoms with E-state index in [1.807, 2.05) is 25.3 Å². The molecule has 150 valence electrons. The Labute approximate surface area is 162 Å². The van der Waals surface area contributed by atoms with Gasteiger partial charge in [-0.15, -0.1) is 0 Å². The van der Waals surface area contributed by atoms with Gasteiger partial charge in [0, 0.05) is 25.1 Å². The first kappa shape index (κ1) is 20.0. The minimum Gasteiger partial charge on any atom is -0.465 e. The van der Waals surface area contributed by atoms with Crippen LogP contribution in [0, 0.1) is 6.92 Å². The highest BCUT2D eigenvalue weighted by molar-refractivity contribution is 5.97. The third kappa shape index (κ3) is 4.38. The second-order valence-corrected chi connectivity index (χ2v) is 6.37. The van der Waals surface area contributed by atoms with Crippen LogP contribution >= 0.6 is 0 Å². The molecule has 1 N–H and O–H groups in total. The number of nitrogens with zero attached hydrogens (tertiary/aromatic N) is 4. The van der Waals surface area contributed by atoms with E-state index in [-0.39, 0.29) is 6.61 Å². The lowest BCUT2D eigenvalue weighted by molar-refractivity contribution is 0.00595. The van der Waals surface area contributed by atoms with Gasteiger partial charge in [-0.1, -0.05) is 0 Å². The molecule has 0 radical (unpaired) electrons. The van der Waals surface area contributed by atoms with Gasteiger partial charge in [-0.25, -0.2) is 9.31 Å². The predicted octanol–water partition coefficient (Wildman–Crippen LogP) is 1.32. The smallest absolute Gasteiger partial charge is 0.341 e. The molecule has 1 atom stereocenters. The Morgan fingerprint density at radius 1 is 1.32 bits per heavy atom. The summed E-state index contributed by atoms with van der Waals surface area (Å²) in [5.74, 6) is -0.434. The van der Waals surface area contributed by atoms with Crippen LogP contribution in [0.25, 0.3) is 16.6 Å². The van der Waals surface area contributed by atoms with Gasteiger partial charge in [0.25, 0.3) is 0 Å². The van der Waals surface area contributed by atoms with Crippen molar-refractivity contribution in [1.82, 2.24) is 19.4 Å². The second kappa shape index (κ2) is 8.96. The van der Waals surface area contributed by atoms with Crippen molar-refractivity contribution in [3.63, 3.8) is 0 Å². The monoisotopic (exact) mass is 388 g/mol. The summed E-state index contributed by atoms with van der Waals surface area (Å²) in [5.41, 5.74) is 3.68. The van der Waals surface area contributed by atoms with Crippen molar-refractivity contribution in [2.24, 2.45) is 0 Å². The summed E-state index contributed by atoms with van der Waals surface area (Å²) in [4.78, 5) is 11.9. The number of methoxy groups -OCH3 is 2. The second-order valence-electron chi connectivity index (χ2n) is 6.37. The van der Waals surface area contributed by atoms with Crippen molar-refractivity contribution in [2.75, 3.05) is 34.0 Å². The maximum atomic E-state index is 11.9. The SMILES string of the molecule is COCCOC[C@H](O)Cn1cc(-c2ccn3ncc(C(=O)OC)c3c2)c(C)n1. The number of aromatic nitrogens is 4. The van der Waals surface area contributed by atoms with E-state index >= 15 is 0 Å². The number of ether oxygens (including phenoxy) is 3. The molecule has 0 aliphatic carbocycles. The molecule has 9 nitrogen and oxygen atoms in total. The Morgan fingerprint density at radius 2 is 2.14 bits per heavy atom. The molecular formula is C19H24N4O5. The summed E-state index contributed by atoms with van der Waals surface area (Å²) in [6, 6.07) is 3.78. The molecule has 0 aromatic carbocycles. The average molecular weight is 388 g/mol. The van der Waals surface area contributed by atoms with Gasteiger partial charge in [0.15, 0.2) is 0 Å². The van der Waals surface area contributed by atoms with Gasteiger partial charge in [0.2, 0.25) is 0 Å². The molecule has 0 saturated carbocycles. The highest BCUT2D eigenvalue weighted by atomic mass is 16.5. The third-order valence-electron chi connectivity index (χ3n) is 4.32. The van der Waals surface area contributed by atoms with Gasteiger partial charge in [0.1, 0.15) is 5.56 Å². The third-order valence-corrected chi connectivity index (χ3v) is 4.32. The molecule has 3 heterocycles. The number of carbonyl (C=O) groups excluding carboxylic acids is 1. The lowest BCUT2D eigenvalue weighted by atomic mass is 10.1. The Morgan fingerprint density at radius 3 is 2.89 bits per heavy atom. The van der Waals surface area contributed by atoms with Crippen LogP contribution in [-0.4, -0.2) is 70.6 Å². The van der Waals surface area contributed by atoms with Gasteiger partial charge in [-0.05, 0) is 24.6 Å². The molecule has 28 heavy (non-hydrogen) atoms. The normalized spacial score (nSPS) is 12.4. The minimum absolute atomic E-state index is 0.210. The zero-order valence-electron chi connectivity index (χ0n) is 16.2. The van der Waals surface area contributed by atoms with Crippen LogP contribution in [0.5, 0.6) is 0 Å². The van der Waals surface area contributed by atoms with Gasteiger partial charge in [0.05, 0.1) is 57.0 Å². The molecule has 0 fully saturated rings. The van der Waals surface area contributed by atoms with E-state index in [2.05, 4.69) is 10.2 Å². The zero-order valence-corrected chi connectivity index (χ0v) is 16.2. The van der Waals surface area contributed by atoms with E-state index in [1.54, 1.807) is 22.5 Å². The molecule has 0 bridgehead atoms. The fourth-order valence-electron chi connectivity index (χ4n) is 2.94. The predicted molar refractivity (Wildman–Crippen MR) is 101 cm³/mol. The molecule has 3 aromatic heterocycles. The number of hydrogen-bond acceptors (Lipinski definition) is 7. The van der Waals surface area contributed by atoms with Crippen LogP contribution < -0.4 is 0 Å². The van der Waals surface area contributed by atoms with Crippen molar-refractivity contribution in [3.05, 3.63) is 42.0 Å². The lowest BCUT2D eigenvalue weighted by Crippen LogP contribution is -2.23. The maximum Gasteiger partial charge on any atom is 0.341 e. The number of aliphatic hydroxyl groups is 1. The molecule has 0 saturated heterocycles. The highest BCUT2D eigenvalue weighted by Crippen LogP contribution is 2.25. The van der Waals surface area contributed by atoms with Crippen LogP contribution in [0.15, 0.2) is 30.7 Å². The molecule has 9 heteroatoms. The number of rotatable bonds is 9. The Hall–Kier alpha value is -2.75. The topological polar surface area (TPSA) is 100 Å². The Kier molecular flexibility index (Phi) is 6.40. The molecule has 0 spiro atoms. The highest BCUT2D eigenvalue weighted by Gasteiger charge is 2.16. The van der Waals surface area contributed by atoms with Crippen LogP contribution in [-0.2, 0) is 20.8 Å². The summed E-state index contributed by atoms with van der Waals surface area (Å²) >= 11 is 0. The van der Waals surface area contributed by atoms with Crippen molar-refractivity contribution in [2.45, 2.75) is 19.6 Å². The Balaban J connectivity index is 1.78. The van der Waals surface area contributed by atoms with Crippen molar-refractivity contribution < 1.29 is 24.1 Å². The van der Waals surface area contributed by atoms with Crippen LogP contribution in [0.2, 0.25) is 0 Å². The van der Waals surface area contributed by atoms with Gasteiger partial charge in [-0.3, -0.25) is 4.68 Å². The minimum atomic E-state index is -0.674. The quantitative estimate of drug-likeness (QED) is 0.436. The van der Waals surface area contributed by atoms with Gasteiger partial charge in [-0.2, -0.15) is 10.2 Å². The summed E-state index contributed by atoms with van der Waals surface area (Å²) in [6.07, 6.45) is 4.47. The van der Waals surface area contributed by atoms with E-state index in [9.17, 15) is 9.90 Å². The zero-order chi connectivity index (χ0) is 20.1.